The summed E-state index contributed by atoms with van der Waals surface area (Å²) in [6.45, 7) is 10.1. The fourth-order valence-corrected chi connectivity index (χ4v) is 3.18. The van der Waals surface area contributed by atoms with Gasteiger partial charge in [-0.1, -0.05) is 13.8 Å². The topological polar surface area (TPSA) is 58.6 Å². The maximum atomic E-state index is 12.9. The average Bonchev–Trinajstić information content (AvgIpc) is 2.87. The molecule has 4 atom stereocenters. The van der Waals surface area contributed by atoms with E-state index in [2.05, 4.69) is 12.2 Å². The van der Waals surface area contributed by atoms with Crippen molar-refractivity contribution in [1.29, 1.82) is 0 Å². The van der Waals surface area contributed by atoms with Crippen LogP contribution in [0.15, 0.2) is 0 Å². The molecule has 0 bridgehead atoms. The number of rotatable bonds is 4. The molecule has 2 fully saturated rings. The van der Waals surface area contributed by atoms with Crippen LogP contribution < -0.4 is 5.32 Å². The summed E-state index contributed by atoms with van der Waals surface area (Å²) >= 11 is 0. The summed E-state index contributed by atoms with van der Waals surface area (Å²) in [6.07, 6.45) is 3.46. The van der Waals surface area contributed by atoms with Crippen molar-refractivity contribution in [1.82, 2.24) is 10.2 Å². The van der Waals surface area contributed by atoms with Crippen LogP contribution in [0.2, 0.25) is 0 Å². The zero-order chi connectivity index (χ0) is 15.8. The van der Waals surface area contributed by atoms with Crippen LogP contribution in [0.25, 0.3) is 0 Å². The summed E-state index contributed by atoms with van der Waals surface area (Å²) in [5.41, 5.74) is -1.57. The molecule has 21 heavy (non-hydrogen) atoms. The quantitative estimate of drug-likeness (QED) is 0.861. The zero-order valence-corrected chi connectivity index (χ0v) is 13.9. The first-order valence-corrected chi connectivity index (χ1v) is 8.07. The summed E-state index contributed by atoms with van der Waals surface area (Å²) in [7, 11) is 0. The molecule has 2 saturated heterocycles. The highest BCUT2D eigenvalue weighted by atomic mass is 16.5. The van der Waals surface area contributed by atoms with Gasteiger partial charge in [-0.3, -0.25) is 9.59 Å². The van der Waals surface area contributed by atoms with E-state index in [1.165, 1.54) is 0 Å². The molecule has 120 valence electrons. The highest BCUT2D eigenvalue weighted by Crippen LogP contribution is 2.32. The number of amides is 2. The molecule has 2 rings (SSSR count). The molecule has 0 saturated carbocycles. The van der Waals surface area contributed by atoms with Gasteiger partial charge in [-0.25, -0.2) is 0 Å². The molecule has 5 nitrogen and oxygen atoms in total. The van der Waals surface area contributed by atoms with Crippen molar-refractivity contribution in [2.75, 3.05) is 6.54 Å². The number of nitrogens with one attached hydrogen (secondary N) is 1. The Hall–Kier alpha value is -1.10. The first kappa shape index (κ1) is 16.3. The maximum Gasteiger partial charge on any atom is 0.249 e. The second-order valence-corrected chi connectivity index (χ2v) is 6.83. The third kappa shape index (κ3) is 2.68. The summed E-state index contributed by atoms with van der Waals surface area (Å²) in [6, 6.07) is 0. The maximum absolute atomic E-state index is 12.9. The average molecular weight is 296 g/mol. The lowest BCUT2D eigenvalue weighted by Crippen LogP contribution is -2.74. The molecule has 0 aliphatic carbocycles. The Bertz CT molecular complexity index is 439. The van der Waals surface area contributed by atoms with Gasteiger partial charge in [0, 0.05) is 6.54 Å². The number of carbonyl (C=O) groups excluding carboxylic acids is 2. The van der Waals surface area contributed by atoms with Crippen LogP contribution in [0.5, 0.6) is 0 Å². The Morgan fingerprint density at radius 2 is 1.90 bits per heavy atom. The van der Waals surface area contributed by atoms with Crippen LogP contribution >= 0.6 is 0 Å². The van der Waals surface area contributed by atoms with Crippen LogP contribution in [0.4, 0.5) is 0 Å². The van der Waals surface area contributed by atoms with Crippen LogP contribution in [0, 0.1) is 0 Å². The van der Waals surface area contributed by atoms with Crippen molar-refractivity contribution < 1.29 is 14.3 Å². The molecular formula is C16H28N2O3. The van der Waals surface area contributed by atoms with Crippen molar-refractivity contribution in [2.24, 2.45) is 0 Å². The molecule has 2 aliphatic rings. The Kier molecular flexibility index (Phi) is 4.34. The number of hydrogen-bond acceptors (Lipinski definition) is 3. The highest BCUT2D eigenvalue weighted by molar-refractivity contribution is 6.01. The van der Waals surface area contributed by atoms with Gasteiger partial charge in [-0.05, 0) is 46.5 Å². The van der Waals surface area contributed by atoms with Gasteiger partial charge in [0.2, 0.25) is 11.8 Å². The van der Waals surface area contributed by atoms with Gasteiger partial charge < -0.3 is 15.0 Å². The molecule has 0 spiro atoms. The smallest absolute Gasteiger partial charge is 0.249 e. The Labute approximate surface area is 127 Å². The molecule has 0 aromatic carbocycles. The number of hydrogen-bond donors (Lipinski definition) is 1. The third-order valence-electron chi connectivity index (χ3n) is 5.29. The molecule has 1 N–H and O–H groups in total. The fourth-order valence-electron chi connectivity index (χ4n) is 3.18. The lowest BCUT2D eigenvalue weighted by molar-refractivity contribution is -0.164. The van der Waals surface area contributed by atoms with Gasteiger partial charge in [0.15, 0.2) is 0 Å². The van der Waals surface area contributed by atoms with Crippen molar-refractivity contribution in [3.8, 4) is 0 Å². The predicted octanol–water partition coefficient (Wildman–Crippen LogP) is 1.85. The van der Waals surface area contributed by atoms with Crippen LogP contribution in [0.3, 0.4) is 0 Å². The molecule has 2 heterocycles. The molecule has 4 unspecified atom stereocenters. The van der Waals surface area contributed by atoms with E-state index in [0.29, 0.717) is 19.4 Å². The first-order chi connectivity index (χ1) is 9.76. The molecule has 0 aromatic heterocycles. The van der Waals surface area contributed by atoms with Crippen LogP contribution in [-0.2, 0) is 14.3 Å². The number of piperazine rings is 1. The minimum Gasteiger partial charge on any atom is -0.373 e. The molecule has 0 aromatic rings. The summed E-state index contributed by atoms with van der Waals surface area (Å²) in [5, 5.41) is 2.93. The predicted molar refractivity (Wildman–Crippen MR) is 80.8 cm³/mol. The third-order valence-corrected chi connectivity index (χ3v) is 5.29. The summed E-state index contributed by atoms with van der Waals surface area (Å²) in [4.78, 5) is 27.3. The number of nitrogens with zero attached hydrogens (tertiary/aromatic N) is 1. The van der Waals surface area contributed by atoms with E-state index in [9.17, 15) is 9.59 Å². The van der Waals surface area contributed by atoms with Gasteiger partial charge in [-0.15, -0.1) is 0 Å². The lowest BCUT2D eigenvalue weighted by Gasteiger charge is -2.50. The summed E-state index contributed by atoms with van der Waals surface area (Å²) in [5.74, 6) is -0.0444. The standard InChI is InChI=1S/C16H28N2O3/c1-6-15(4)14(20)18(10-12-9-8-11(3)21-12)16(5,7-2)13(19)17-15/h11-12H,6-10H2,1-5H3,(H,17,19). The Morgan fingerprint density at radius 3 is 2.38 bits per heavy atom. The number of ether oxygens (including phenoxy) is 1. The second kappa shape index (κ2) is 5.59. The minimum absolute atomic E-state index is 0.0112. The fraction of sp³-hybridized carbons (Fsp3) is 0.875. The van der Waals surface area contributed by atoms with Crippen LogP contribution in [-0.4, -0.2) is 46.5 Å². The van der Waals surface area contributed by atoms with Crippen molar-refractivity contribution in [3.63, 3.8) is 0 Å². The van der Waals surface area contributed by atoms with E-state index in [1.807, 2.05) is 27.7 Å². The van der Waals surface area contributed by atoms with Crippen LogP contribution in [0.1, 0.15) is 60.3 Å². The van der Waals surface area contributed by atoms with E-state index in [4.69, 9.17) is 4.74 Å². The van der Waals surface area contributed by atoms with Gasteiger partial charge >= 0.3 is 0 Å². The molecule has 0 radical (unpaired) electrons. The SMILES string of the molecule is CCC1(C)NC(=O)C(C)(CC)N(CC2CCC(C)O2)C1=O. The Morgan fingerprint density at radius 1 is 1.24 bits per heavy atom. The van der Waals surface area contributed by atoms with Crippen molar-refractivity contribution in [3.05, 3.63) is 0 Å². The van der Waals surface area contributed by atoms with E-state index >= 15 is 0 Å². The lowest BCUT2D eigenvalue weighted by atomic mass is 9.84. The largest absolute Gasteiger partial charge is 0.373 e. The van der Waals surface area contributed by atoms with Crippen molar-refractivity contribution in [2.45, 2.75) is 83.6 Å². The first-order valence-electron chi connectivity index (χ1n) is 8.07. The van der Waals surface area contributed by atoms with E-state index in [0.717, 1.165) is 12.8 Å². The highest BCUT2D eigenvalue weighted by Gasteiger charge is 2.53. The zero-order valence-electron chi connectivity index (χ0n) is 13.9. The van der Waals surface area contributed by atoms with Gasteiger partial charge in [0.1, 0.15) is 11.1 Å². The van der Waals surface area contributed by atoms with Crippen molar-refractivity contribution >= 4 is 11.8 Å². The molecular weight excluding hydrogens is 268 g/mol. The van der Waals surface area contributed by atoms with E-state index in [1.54, 1.807) is 4.90 Å². The molecule has 5 heteroatoms. The molecule has 2 amide bonds. The monoisotopic (exact) mass is 296 g/mol. The van der Waals surface area contributed by atoms with Gasteiger partial charge in [0.25, 0.3) is 0 Å². The normalized spacial score (nSPS) is 40.5. The summed E-state index contributed by atoms with van der Waals surface area (Å²) < 4.78 is 5.86. The Balaban J connectivity index is 2.27. The van der Waals surface area contributed by atoms with E-state index < -0.39 is 11.1 Å². The van der Waals surface area contributed by atoms with Gasteiger partial charge in [-0.2, -0.15) is 0 Å². The van der Waals surface area contributed by atoms with E-state index in [-0.39, 0.29) is 24.0 Å². The van der Waals surface area contributed by atoms with Gasteiger partial charge in [0.05, 0.1) is 12.2 Å². The minimum atomic E-state index is -0.796. The number of carbonyl (C=O) groups is 2. The second-order valence-electron chi connectivity index (χ2n) is 6.83. The molecule has 2 aliphatic heterocycles.